The highest BCUT2D eigenvalue weighted by atomic mass is 35.5. The van der Waals surface area contributed by atoms with E-state index >= 15 is 0 Å². The predicted octanol–water partition coefficient (Wildman–Crippen LogP) is 6.61. The maximum Gasteiger partial charge on any atom is 0.416 e. The first-order valence-corrected chi connectivity index (χ1v) is 12.1. The summed E-state index contributed by atoms with van der Waals surface area (Å²) in [4.78, 5) is 16.3. The number of benzene rings is 3. The molecule has 0 aromatic heterocycles. The highest BCUT2D eigenvalue weighted by Crippen LogP contribution is 2.30. The van der Waals surface area contributed by atoms with Gasteiger partial charge in [-0.25, -0.2) is 9.18 Å². The second-order valence-electron chi connectivity index (χ2n) is 8.74. The summed E-state index contributed by atoms with van der Waals surface area (Å²) in [7, 11) is 0. The summed E-state index contributed by atoms with van der Waals surface area (Å²) in [6.45, 7) is 2.72. The van der Waals surface area contributed by atoms with Crippen molar-refractivity contribution in [3.8, 4) is 0 Å². The molecule has 2 amide bonds. The first-order valence-electron chi connectivity index (χ1n) is 11.7. The summed E-state index contributed by atoms with van der Waals surface area (Å²) >= 11 is 6.04. The van der Waals surface area contributed by atoms with Gasteiger partial charge in [0.1, 0.15) is 5.82 Å². The molecular formula is C27H26ClF4N3O2. The van der Waals surface area contributed by atoms with Crippen molar-refractivity contribution in [3.63, 3.8) is 0 Å². The van der Waals surface area contributed by atoms with Crippen LogP contribution in [0.15, 0.2) is 72.8 Å². The molecule has 3 aromatic rings. The van der Waals surface area contributed by atoms with Gasteiger partial charge in [-0.1, -0.05) is 48.0 Å². The van der Waals surface area contributed by atoms with Gasteiger partial charge in [-0.3, -0.25) is 4.90 Å². The largest absolute Gasteiger partial charge is 0.416 e. The van der Waals surface area contributed by atoms with Crippen LogP contribution in [0.5, 0.6) is 0 Å². The van der Waals surface area contributed by atoms with E-state index in [0.29, 0.717) is 43.3 Å². The third-order valence-corrected chi connectivity index (χ3v) is 6.43. The number of amides is 2. The van der Waals surface area contributed by atoms with E-state index in [1.165, 1.54) is 24.3 Å². The van der Waals surface area contributed by atoms with Gasteiger partial charge in [-0.15, -0.1) is 0 Å². The zero-order valence-electron chi connectivity index (χ0n) is 19.8. The number of ether oxygens (including phenoxy) is 1. The van der Waals surface area contributed by atoms with Gasteiger partial charge in [0.25, 0.3) is 0 Å². The lowest BCUT2D eigenvalue weighted by Gasteiger charge is -2.36. The number of hydrogen-bond donors (Lipinski definition) is 1. The number of alkyl halides is 3. The molecular weight excluding hydrogens is 510 g/mol. The number of halogens is 5. The lowest BCUT2D eigenvalue weighted by molar-refractivity contribution is -0.137. The molecule has 1 heterocycles. The van der Waals surface area contributed by atoms with Crippen molar-refractivity contribution >= 4 is 23.3 Å². The summed E-state index contributed by atoms with van der Waals surface area (Å²) in [6, 6.07) is 17.8. The van der Waals surface area contributed by atoms with Crippen LogP contribution in [0.1, 0.15) is 22.8 Å². The van der Waals surface area contributed by atoms with Crippen molar-refractivity contribution in [2.45, 2.75) is 18.9 Å². The molecule has 0 radical (unpaired) electrons. The monoisotopic (exact) mass is 535 g/mol. The minimum Gasteiger partial charge on any atom is -0.368 e. The summed E-state index contributed by atoms with van der Waals surface area (Å²) < 4.78 is 58.6. The second-order valence-corrected chi connectivity index (χ2v) is 9.18. The fraction of sp³-hybridized carbons (Fsp3) is 0.296. The molecule has 3 aromatic carbocycles. The van der Waals surface area contributed by atoms with Gasteiger partial charge >= 0.3 is 12.2 Å². The molecule has 196 valence electrons. The number of nitrogens with zero attached hydrogens (tertiary/aromatic N) is 2. The highest BCUT2D eigenvalue weighted by molar-refractivity contribution is 6.30. The van der Waals surface area contributed by atoms with Crippen molar-refractivity contribution in [1.29, 1.82) is 0 Å². The fourth-order valence-corrected chi connectivity index (χ4v) is 4.17. The van der Waals surface area contributed by atoms with Gasteiger partial charge in [0.05, 0.1) is 24.0 Å². The fourth-order valence-electron chi connectivity index (χ4n) is 4.04. The first kappa shape index (κ1) is 26.9. The van der Waals surface area contributed by atoms with Crippen molar-refractivity contribution in [2.24, 2.45) is 0 Å². The molecule has 0 spiro atoms. The van der Waals surface area contributed by atoms with Crippen LogP contribution < -0.4 is 5.32 Å². The number of carbonyl (C=O) groups excluding carboxylic acids is 1. The van der Waals surface area contributed by atoms with E-state index in [2.05, 4.69) is 10.2 Å². The Labute approximate surface area is 217 Å². The lowest BCUT2D eigenvalue weighted by atomic mass is 10.1. The Bertz CT molecular complexity index is 1180. The van der Waals surface area contributed by atoms with Crippen LogP contribution in [0.4, 0.5) is 28.0 Å². The van der Waals surface area contributed by atoms with Crippen LogP contribution in [0.3, 0.4) is 0 Å². The molecule has 1 atom stereocenters. The minimum absolute atomic E-state index is 0.134. The van der Waals surface area contributed by atoms with Crippen LogP contribution in [0.25, 0.3) is 0 Å². The maximum absolute atomic E-state index is 13.9. The number of rotatable bonds is 7. The van der Waals surface area contributed by atoms with Crippen LogP contribution in [0.2, 0.25) is 5.02 Å². The van der Waals surface area contributed by atoms with Gasteiger partial charge < -0.3 is 15.0 Å². The number of piperazine rings is 1. The second kappa shape index (κ2) is 11.9. The van der Waals surface area contributed by atoms with Crippen molar-refractivity contribution < 1.29 is 27.1 Å². The molecule has 10 heteroatoms. The topological polar surface area (TPSA) is 44.8 Å². The molecule has 1 N–H and O–H groups in total. The van der Waals surface area contributed by atoms with Gasteiger partial charge in [0.2, 0.25) is 0 Å². The molecule has 5 nitrogen and oxygen atoms in total. The number of carbonyl (C=O) groups is 1. The maximum atomic E-state index is 13.9. The third-order valence-electron chi connectivity index (χ3n) is 6.17. The predicted molar refractivity (Wildman–Crippen MR) is 134 cm³/mol. The quantitative estimate of drug-likeness (QED) is 0.346. The zero-order valence-corrected chi connectivity index (χ0v) is 20.6. The Hall–Kier alpha value is -3.14. The molecule has 1 aliphatic rings. The zero-order chi connectivity index (χ0) is 26.4. The molecule has 1 fully saturated rings. The Morgan fingerprint density at radius 3 is 2.22 bits per heavy atom. The van der Waals surface area contributed by atoms with E-state index in [1.807, 2.05) is 12.1 Å². The van der Waals surface area contributed by atoms with E-state index in [0.717, 1.165) is 17.7 Å². The average molecular weight is 536 g/mol. The first-order chi connectivity index (χ1) is 17.7. The van der Waals surface area contributed by atoms with E-state index in [-0.39, 0.29) is 24.4 Å². The number of para-hydroxylation sites is 1. The van der Waals surface area contributed by atoms with Gasteiger partial charge in [0, 0.05) is 37.7 Å². The Kier molecular flexibility index (Phi) is 8.68. The molecule has 0 aliphatic carbocycles. The minimum atomic E-state index is -4.39. The molecule has 1 unspecified atom stereocenters. The molecule has 4 rings (SSSR count). The number of anilines is 1. The molecule has 1 saturated heterocycles. The Morgan fingerprint density at radius 2 is 1.59 bits per heavy atom. The third kappa shape index (κ3) is 7.44. The number of urea groups is 1. The summed E-state index contributed by atoms with van der Waals surface area (Å²) in [5.74, 6) is -0.495. The normalized spacial score (nSPS) is 15.4. The Balaban J connectivity index is 1.36. The Morgan fingerprint density at radius 1 is 0.946 bits per heavy atom. The highest BCUT2D eigenvalue weighted by Gasteiger charge is 2.30. The van der Waals surface area contributed by atoms with Crippen LogP contribution in [-0.2, 0) is 17.5 Å². The van der Waals surface area contributed by atoms with E-state index in [4.69, 9.17) is 16.3 Å². The van der Waals surface area contributed by atoms with Gasteiger partial charge in [-0.05, 0) is 47.5 Å². The average Bonchev–Trinajstić information content (AvgIpc) is 2.88. The van der Waals surface area contributed by atoms with Crippen LogP contribution >= 0.6 is 11.6 Å². The summed E-state index contributed by atoms with van der Waals surface area (Å²) in [5, 5.41) is 3.19. The van der Waals surface area contributed by atoms with Gasteiger partial charge in [-0.2, -0.15) is 13.2 Å². The SMILES string of the molecule is O=C(Nc1ccccc1F)N1CCN(CC(OCc2ccc(C(F)(F)F)cc2)c2ccc(Cl)cc2)CC1. The van der Waals surface area contributed by atoms with Crippen molar-refractivity contribution in [3.05, 3.63) is 100 Å². The molecule has 0 saturated carbocycles. The lowest BCUT2D eigenvalue weighted by Crippen LogP contribution is -2.50. The summed E-state index contributed by atoms with van der Waals surface area (Å²) in [5.41, 5.74) is 0.939. The molecule has 0 bridgehead atoms. The van der Waals surface area contributed by atoms with E-state index < -0.39 is 17.6 Å². The van der Waals surface area contributed by atoms with Gasteiger partial charge in [0.15, 0.2) is 0 Å². The van der Waals surface area contributed by atoms with Crippen LogP contribution in [-0.4, -0.2) is 48.6 Å². The van der Waals surface area contributed by atoms with E-state index in [9.17, 15) is 22.4 Å². The van der Waals surface area contributed by atoms with Crippen LogP contribution in [0, 0.1) is 5.82 Å². The van der Waals surface area contributed by atoms with Crippen molar-refractivity contribution in [2.75, 3.05) is 38.0 Å². The van der Waals surface area contributed by atoms with E-state index in [1.54, 1.807) is 29.2 Å². The smallest absolute Gasteiger partial charge is 0.368 e. The summed E-state index contributed by atoms with van der Waals surface area (Å²) in [6.07, 6.45) is -4.75. The van der Waals surface area contributed by atoms with Crippen molar-refractivity contribution in [1.82, 2.24) is 9.80 Å². The molecule has 1 aliphatic heterocycles. The number of nitrogens with one attached hydrogen (secondary N) is 1. The molecule has 37 heavy (non-hydrogen) atoms. The number of hydrogen-bond acceptors (Lipinski definition) is 3. The standard InChI is InChI=1S/C27H26ClF4N3O2/c28-22-11-7-20(8-12-22)25(37-18-19-5-9-21(10-6-19)27(30,31)32)17-34-13-15-35(16-14-34)26(36)33-24-4-2-1-3-23(24)29/h1-12,25H,13-18H2,(H,33,36).